The van der Waals surface area contributed by atoms with Crippen LogP contribution in [0.1, 0.15) is 71.3 Å². The van der Waals surface area contributed by atoms with E-state index < -0.39 is 0 Å². The second-order valence-electron chi connectivity index (χ2n) is 7.52. The van der Waals surface area contributed by atoms with Crippen LogP contribution < -0.4 is 10.2 Å². The molecule has 0 radical (unpaired) electrons. The number of aryl methyl sites for hydroxylation is 1. The fourth-order valence-corrected chi connectivity index (χ4v) is 4.01. The highest BCUT2D eigenvalue weighted by Crippen LogP contribution is 2.33. The highest BCUT2D eigenvalue weighted by molar-refractivity contribution is 5.93. The van der Waals surface area contributed by atoms with Crippen LogP contribution in [0.5, 0.6) is 0 Å². The van der Waals surface area contributed by atoms with E-state index in [0.717, 1.165) is 43.1 Å². The van der Waals surface area contributed by atoms with Gasteiger partial charge < -0.3 is 10.2 Å². The second-order valence-corrected chi connectivity index (χ2v) is 7.52. The van der Waals surface area contributed by atoms with E-state index in [0.29, 0.717) is 0 Å². The molecule has 1 fully saturated rings. The van der Waals surface area contributed by atoms with Crippen LogP contribution >= 0.6 is 0 Å². The molecule has 1 aliphatic rings. The Labute approximate surface area is 154 Å². The summed E-state index contributed by atoms with van der Waals surface area (Å²) in [6, 6.07) is 6.37. The van der Waals surface area contributed by atoms with E-state index in [1.165, 1.54) is 37.8 Å². The normalized spacial score (nSPS) is 20.3. The van der Waals surface area contributed by atoms with Crippen LogP contribution in [0.4, 0.5) is 11.4 Å². The number of benzene rings is 1. The first-order valence-electron chi connectivity index (χ1n) is 10.2. The number of anilines is 2. The molecule has 1 amide bonds. The van der Waals surface area contributed by atoms with Crippen molar-refractivity contribution in [3.8, 4) is 0 Å². The number of hydrogen-bond acceptors (Lipinski definition) is 2. The molecule has 0 spiro atoms. The smallest absolute Gasteiger partial charge is 0.227 e. The van der Waals surface area contributed by atoms with Crippen LogP contribution in [0.3, 0.4) is 0 Å². The molecule has 0 aromatic heterocycles. The van der Waals surface area contributed by atoms with Gasteiger partial charge in [-0.25, -0.2) is 0 Å². The third kappa shape index (κ3) is 5.49. The number of rotatable bonds is 8. The predicted octanol–water partition coefficient (Wildman–Crippen LogP) is 5.78. The molecule has 1 aromatic carbocycles. The lowest BCUT2D eigenvalue weighted by atomic mass is 9.79. The van der Waals surface area contributed by atoms with Gasteiger partial charge in [0, 0.05) is 30.4 Å². The Balaban J connectivity index is 1.90. The van der Waals surface area contributed by atoms with E-state index in [1.807, 2.05) is 0 Å². The van der Waals surface area contributed by atoms with Gasteiger partial charge >= 0.3 is 0 Å². The molecule has 1 aromatic rings. The minimum Gasteiger partial charge on any atom is -0.372 e. The zero-order chi connectivity index (χ0) is 18.2. The summed E-state index contributed by atoms with van der Waals surface area (Å²) in [6.45, 7) is 10.7. The number of nitrogens with one attached hydrogen (secondary N) is 1. The van der Waals surface area contributed by atoms with E-state index in [4.69, 9.17) is 0 Å². The van der Waals surface area contributed by atoms with Crippen LogP contribution in [-0.4, -0.2) is 19.0 Å². The first-order chi connectivity index (χ1) is 12.1. The topological polar surface area (TPSA) is 32.3 Å². The molecule has 2 rings (SSSR count). The Morgan fingerprint density at radius 1 is 1.12 bits per heavy atom. The molecule has 140 valence electrons. The maximum atomic E-state index is 12.7. The molecular formula is C22H36N2O. The molecule has 1 saturated carbocycles. The number of carbonyl (C=O) groups excluding carboxylic acids is 1. The second kappa shape index (κ2) is 9.84. The Hall–Kier alpha value is -1.51. The molecule has 0 heterocycles. The molecule has 1 N–H and O–H groups in total. The summed E-state index contributed by atoms with van der Waals surface area (Å²) in [5.74, 6) is 1.26. The van der Waals surface area contributed by atoms with Crippen molar-refractivity contribution < 1.29 is 4.79 Å². The van der Waals surface area contributed by atoms with Gasteiger partial charge in [-0.05, 0) is 76.1 Å². The SMILES string of the molecule is CCCCC1CCC(C(=O)Nc2ccc(N(CC)CC)cc2C)CC1. The zero-order valence-electron chi connectivity index (χ0n) is 16.6. The fraction of sp³-hybridized carbons (Fsp3) is 0.682. The van der Waals surface area contributed by atoms with E-state index in [9.17, 15) is 4.79 Å². The molecule has 1 aliphatic carbocycles. The Morgan fingerprint density at radius 2 is 1.80 bits per heavy atom. The first-order valence-corrected chi connectivity index (χ1v) is 10.2. The van der Waals surface area contributed by atoms with Gasteiger partial charge in [0.15, 0.2) is 0 Å². The van der Waals surface area contributed by atoms with E-state index in [2.05, 4.69) is 56.1 Å². The van der Waals surface area contributed by atoms with Gasteiger partial charge in [-0.1, -0.05) is 26.2 Å². The summed E-state index contributed by atoms with van der Waals surface area (Å²) in [5, 5.41) is 3.18. The molecular weight excluding hydrogens is 308 g/mol. The van der Waals surface area contributed by atoms with Crippen LogP contribution in [0, 0.1) is 18.8 Å². The molecule has 0 atom stereocenters. The van der Waals surface area contributed by atoms with Crippen LogP contribution in [-0.2, 0) is 4.79 Å². The number of carbonyl (C=O) groups is 1. The first kappa shape index (κ1) is 19.8. The zero-order valence-corrected chi connectivity index (χ0v) is 16.6. The Kier molecular flexibility index (Phi) is 7.80. The van der Waals surface area contributed by atoms with Crippen molar-refractivity contribution in [2.45, 2.75) is 72.6 Å². The van der Waals surface area contributed by atoms with E-state index >= 15 is 0 Å². The summed E-state index contributed by atoms with van der Waals surface area (Å²) in [7, 11) is 0. The van der Waals surface area contributed by atoms with E-state index in [1.54, 1.807) is 0 Å². The average molecular weight is 345 g/mol. The summed E-state index contributed by atoms with van der Waals surface area (Å²) < 4.78 is 0. The standard InChI is InChI=1S/C22H36N2O/c1-5-8-9-18-10-12-19(13-11-18)22(25)23-21-15-14-20(16-17(21)4)24(6-2)7-3/h14-16,18-19H,5-13H2,1-4H3,(H,23,25). The van der Waals surface area contributed by atoms with Crippen LogP contribution in [0.2, 0.25) is 0 Å². The monoisotopic (exact) mass is 344 g/mol. The van der Waals surface area contributed by atoms with Gasteiger partial charge in [0.2, 0.25) is 5.91 Å². The number of unbranched alkanes of at least 4 members (excludes halogenated alkanes) is 1. The number of hydrogen-bond donors (Lipinski definition) is 1. The van der Waals surface area contributed by atoms with Crippen molar-refractivity contribution in [3.63, 3.8) is 0 Å². The average Bonchev–Trinajstić information content (AvgIpc) is 2.63. The molecule has 3 heteroatoms. The minimum atomic E-state index is 0.194. The molecule has 0 aliphatic heterocycles. The lowest BCUT2D eigenvalue weighted by Gasteiger charge is -2.28. The van der Waals surface area contributed by atoms with Crippen molar-refractivity contribution in [1.29, 1.82) is 0 Å². The molecule has 25 heavy (non-hydrogen) atoms. The highest BCUT2D eigenvalue weighted by Gasteiger charge is 2.26. The Bertz CT molecular complexity index is 543. The molecule has 0 saturated heterocycles. The Morgan fingerprint density at radius 3 is 2.36 bits per heavy atom. The van der Waals surface area contributed by atoms with Crippen LogP contribution in [0.15, 0.2) is 18.2 Å². The van der Waals surface area contributed by atoms with Crippen molar-refractivity contribution in [2.75, 3.05) is 23.3 Å². The van der Waals surface area contributed by atoms with Gasteiger partial charge in [-0.3, -0.25) is 4.79 Å². The van der Waals surface area contributed by atoms with Gasteiger partial charge in [0.05, 0.1) is 0 Å². The predicted molar refractivity (Wildman–Crippen MR) is 108 cm³/mol. The summed E-state index contributed by atoms with van der Waals surface area (Å²) in [6.07, 6.45) is 8.50. The lowest BCUT2D eigenvalue weighted by Crippen LogP contribution is -2.27. The minimum absolute atomic E-state index is 0.194. The maximum absolute atomic E-state index is 12.7. The lowest BCUT2D eigenvalue weighted by molar-refractivity contribution is -0.121. The molecule has 0 bridgehead atoms. The fourth-order valence-electron chi connectivity index (χ4n) is 4.01. The van der Waals surface area contributed by atoms with Crippen molar-refractivity contribution >= 4 is 17.3 Å². The molecule has 0 unspecified atom stereocenters. The van der Waals surface area contributed by atoms with Gasteiger partial charge in [0.1, 0.15) is 0 Å². The van der Waals surface area contributed by atoms with Gasteiger partial charge in [-0.15, -0.1) is 0 Å². The van der Waals surface area contributed by atoms with Crippen LogP contribution in [0.25, 0.3) is 0 Å². The number of nitrogens with zero attached hydrogens (tertiary/aromatic N) is 1. The van der Waals surface area contributed by atoms with E-state index in [-0.39, 0.29) is 11.8 Å². The van der Waals surface area contributed by atoms with Crippen molar-refractivity contribution in [3.05, 3.63) is 23.8 Å². The maximum Gasteiger partial charge on any atom is 0.227 e. The summed E-state index contributed by atoms with van der Waals surface area (Å²) in [5.41, 5.74) is 3.35. The molecule has 3 nitrogen and oxygen atoms in total. The van der Waals surface area contributed by atoms with Gasteiger partial charge in [-0.2, -0.15) is 0 Å². The third-order valence-corrected chi connectivity index (χ3v) is 5.78. The van der Waals surface area contributed by atoms with Crippen molar-refractivity contribution in [1.82, 2.24) is 0 Å². The summed E-state index contributed by atoms with van der Waals surface area (Å²) in [4.78, 5) is 15.0. The third-order valence-electron chi connectivity index (χ3n) is 5.78. The number of amides is 1. The highest BCUT2D eigenvalue weighted by atomic mass is 16.1. The summed E-state index contributed by atoms with van der Waals surface area (Å²) >= 11 is 0. The van der Waals surface area contributed by atoms with Gasteiger partial charge in [0.25, 0.3) is 0 Å². The quantitative estimate of drug-likeness (QED) is 0.648. The largest absolute Gasteiger partial charge is 0.372 e. The van der Waals surface area contributed by atoms with Crippen molar-refractivity contribution in [2.24, 2.45) is 11.8 Å².